The molecule has 5 rings (SSSR count). The molecule has 3 aromatic rings. The molecule has 2 aliphatic rings. The highest BCUT2D eigenvalue weighted by molar-refractivity contribution is 8.19. The first-order valence-electron chi connectivity index (χ1n) is 11.7. The first-order chi connectivity index (χ1) is 17.5. The van der Waals surface area contributed by atoms with E-state index < -0.39 is 0 Å². The maximum Gasteiger partial charge on any atom is 0.269 e. The second kappa shape index (κ2) is 10.1. The summed E-state index contributed by atoms with van der Waals surface area (Å²) >= 11 is 3.00. The lowest BCUT2D eigenvalue weighted by molar-refractivity contribution is -0.122. The molecular formula is C28H25N5OS2. The van der Waals surface area contributed by atoms with Gasteiger partial charge >= 0.3 is 0 Å². The van der Waals surface area contributed by atoms with Crippen molar-refractivity contribution in [1.29, 1.82) is 5.26 Å². The zero-order valence-corrected chi connectivity index (χ0v) is 21.9. The normalized spacial score (nSPS) is 18.1. The van der Waals surface area contributed by atoms with Gasteiger partial charge in [0.15, 0.2) is 5.17 Å². The Morgan fingerprint density at radius 3 is 2.56 bits per heavy atom. The van der Waals surface area contributed by atoms with Gasteiger partial charge in [-0.05, 0) is 61.5 Å². The Labute approximate surface area is 219 Å². The lowest BCUT2D eigenvalue weighted by Crippen LogP contribution is -2.29. The van der Waals surface area contributed by atoms with Crippen LogP contribution in [0.1, 0.15) is 23.6 Å². The lowest BCUT2D eigenvalue weighted by Gasteiger charge is -2.17. The molecule has 36 heavy (non-hydrogen) atoms. The number of nitrogens with zero attached hydrogens (tertiary/aromatic N) is 4. The minimum absolute atomic E-state index is 0.0667. The largest absolute Gasteiger partial charge is 0.384 e. The Bertz CT molecular complexity index is 1440. The molecule has 0 saturated carbocycles. The van der Waals surface area contributed by atoms with E-state index in [-0.39, 0.29) is 5.91 Å². The van der Waals surface area contributed by atoms with Crippen LogP contribution in [0.2, 0.25) is 0 Å². The van der Waals surface area contributed by atoms with E-state index >= 15 is 0 Å². The molecule has 0 bridgehead atoms. The number of thioether (sulfide) groups is 2. The number of amidine groups is 1. The van der Waals surface area contributed by atoms with Crippen molar-refractivity contribution in [2.75, 3.05) is 23.8 Å². The van der Waals surface area contributed by atoms with Crippen LogP contribution in [0.3, 0.4) is 0 Å². The number of amides is 1. The SMILES string of the molecule is CCNc1ccc(C#N)cc1N=C1S/C(=C2\Sc3ccccc3N2C)C(=O)N1Cc1ccc(C)cc1. The van der Waals surface area contributed by atoms with E-state index in [0.717, 1.165) is 33.4 Å². The standard InChI is InChI=1S/C28H25N5OS2/c1-4-30-21-14-13-20(16-29)15-22(21)31-28-33(17-19-11-9-18(2)10-12-19)26(34)25(36-28)27-32(3)23-7-5-6-8-24(23)35-27/h5-15,30H,4,17H2,1-3H3/b27-25-,31-28?. The molecule has 0 spiro atoms. The number of carbonyl (C=O) groups excluding carboxylic acids is 1. The Morgan fingerprint density at radius 2 is 1.83 bits per heavy atom. The molecule has 0 radical (unpaired) electrons. The van der Waals surface area contributed by atoms with Crippen molar-refractivity contribution in [2.45, 2.75) is 25.3 Å². The summed E-state index contributed by atoms with van der Waals surface area (Å²) < 4.78 is 0. The Balaban J connectivity index is 1.59. The molecule has 1 saturated heterocycles. The highest BCUT2D eigenvalue weighted by Crippen LogP contribution is 2.50. The number of nitrogens with one attached hydrogen (secondary N) is 1. The van der Waals surface area contributed by atoms with Gasteiger partial charge in [-0.3, -0.25) is 9.69 Å². The number of hydrogen-bond donors (Lipinski definition) is 1. The third kappa shape index (κ3) is 4.60. The van der Waals surface area contributed by atoms with Crippen molar-refractivity contribution in [3.05, 3.63) is 93.4 Å². The minimum Gasteiger partial charge on any atom is -0.384 e. The van der Waals surface area contributed by atoms with Crippen LogP contribution in [-0.4, -0.2) is 29.6 Å². The smallest absolute Gasteiger partial charge is 0.269 e. The monoisotopic (exact) mass is 511 g/mol. The minimum atomic E-state index is -0.0667. The number of nitriles is 1. The third-order valence-corrected chi connectivity index (χ3v) is 8.40. The number of benzene rings is 3. The molecule has 0 aliphatic carbocycles. The molecule has 180 valence electrons. The maximum absolute atomic E-state index is 13.9. The number of hydrogen-bond acceptors (Lipinski definition) is 7. The Morgan fingerprint density at radius 1 is 1.06 bits per heavy atom. The summed E-state index contributed by atoms with van der Waals surface area (Å²) in [4.78, 5) is 24.4. The molecule has 8 heteroatoms. The van der Waals surface area contributed by atoms with E-state index in [1.807, 2.05) is 51.2 Å². The highest BCUT2D eigenvalue weighted by Gasteiger charge is 2.39. The molecule has 3 aromatic carbocycles. The van der Waals surface area contributed by atoms with E-state index in [9.17, 15) is 10.1 Å². The third-order valence-electron chi connectivity index (χ3n) is 5.97. The van der Waals surface area contributed by atoms with Crippen LogP contribution in [0.4, 0.5) is 17.1 Å². The fraction of sp³-hybridized carbons (Fsp3) is 0.179. The van der Waals surface area contributed by atoms with Crippen LogP contribution in [0.5, 0.6) is 0 Å². The van der Waals surface area contributed by atoms with Crippen LogP contribution in [0.25, 0.3) is 0 Å². The van der Waals surface area contributed by atoms with E-state index in [2.05, 4.69) is 40.6 Å². The van der Waals surface area contributed by atoms with Crippen molar-refractivity contribution >= 4 is 51.7 Å². The quantitative estimate of drug-likeness (QED) is 0.396. The van der Waals surface area contributed by atoms with Crippen LogP contribution in [0.15, 0.2) is 86.6 Å². The van der Waals surface area contributed by atoms with Crippen LogP contribution >= 0.6 is 23.5 Å². The molecule has 1 N–H and O–H groups in total. The zero-order valence-electron chi connectivity index (χ0n) is 20.3. The number of aryl methyl sites for hydroxylation is 1. The summed E-state index contributed by atoms with van der Waals surface area (Å²) in [5.74, 6) is -0.0667. The molecule has 0 atom stereocenters. The van der Waals surface area contributed by atoms with Crippen molar-refractivity contribution in [1.82, 2.24) is 4.90 Å². The van der Waals surface area contributed by atoms with Gasteiger partial charge in [-0.1, -0.05) is 53.7 Å². The van der Waals surface area contributed by atoms with Gasteiger partial charge in [0.25, 0.3) is 5.91 Å². The van der Waals surface area contributed by atoms with Crippen molar-refractivity contribution in [3.63, 3.8) is 0 Å². The Hall–Kier alpha value is -3.67. The van der Waals surface area contributed by atoms with Crippen LogP contribution < -0.4 is 10.2 Å². The van der Waals surface area contributed by atoms with Gasteiger partial charge in [-0.2, -0.15) is 5.26 Å². The van der Waals surface area contributed by atoms with Crippen LogP contribution in [0, 0.1) is 18.3 Å². The first kappa shape index (κ1) is 24.0. The predicted octanol–water partition coefficient (Wildman–Crippen LogP) is 6.47. The molecular weight excluding hydrogens is 486 g/mol. The van der Waals surface area contributed by atoms with E-state index in [1.54, 1.807) is 28.8 Å². The molecule has 1 amide bonds. The fourth-order valence-corrected chi connectivity index (χ4v) is 6.41. The van der Waals surface area contributed by atoms with E-state index in [1.165, 1.54) is 17.3 Å². The average molecular weight is 512 g/mol. The summed E-state index contributed by atoms with van der Waals surface area (Å²) in [5.41, 5.74) is 5.28. The molecule has 2 heterocycles. The summed E-state index contributed by atoms with van der Waals surface area (Å²) in [5, 5.41) is 14.3. The lowest BCUT2D eigenvalue weighted by atomic mass is 10.1. The average Bonchev–Trinajstić information content (AvgIpc) is 3.38. The van der Waals surface area contributed by atoms with Gasteiger partial charge < -0.3 is 10.2 Å². The number of carbonyl (C=O) groups is 1. The van der Waals surface area contributed by atoms with Gasteiger partial charge in [-0.15, -0.1) is 0 Å². The topological polar surface area (TPSA) is 71.7 Å². The fourth-order valence-electron chi connectivity index (χ4n) is 4.07. The van der Waals surface area contributed by atoms with Gasteiger partial charge in [-0.25, -0.2) is 4.99 Å². The van der Waals surface area contributed by atoms with Gasteiger partial charge in [0, 0.05) is 18.5 Å². The molecule has 0 unspecified atom stereocenters. The zero-order chi connectivity index (χ0) is 25.2. The number of para-hydroxylation sites is 1. The van der Waals surface area contributed by atoms with Crippen molar-refractivity contribution in [3.8, 4) is 6.07 Å². The molecule has 6 nitrogen and oxygen atoms in total. The second-order valence-corrected chi connectivity index (χ2v) is 10.5. The second-order valence-electron chi connectivity index (χ2n) is 8.51. The summed E-state index contributed by atoms with van der Waals surface area (Å²) in [6, 6.07) is 23.9. The van der Waals surface area contributed by atoms with Crippen LogP contribution in [-0.2, 0) is 11.3 Å². The van der Waals surface area contributed by atoms with Gasteiger partial charge in [0.05, 0.1) is 40.3 Å². The first-order valence-corrected chi connectivity index (χ1v) is 13.3. The summed E-state index contributed by atoms with van der Waals surface area (Å²) in [6.07, 6.45) is 0. The number of rotatable bonds is 5. The number of aliphatic imine (C=N–C) groups is 1. The van der Waals surface area contributed by atoms with Crippen molar-refractivity contribution < 1.29 is 4.79 Å². The van der Waals surface area contributed by atoms with Gasteiger partial charge in [0.2, 0.25) is 0 Å². The molecule has 1 fully saturated rings. The van der Waals surface area contributed by atoms with Gasteiger partial charge in [0.1, 0.15) is 4.91 Å². The number of anilines is 2. The molecule has 2 aliphatic heterocycles. The molecule has 0 aromatic heterocycles. The summed E-state index contributed by atoms with van der Waals surface area (Å²) in [6.45, 7) is 5.20. The van der Waals surface area contributed by atoms with E-state index in [4.69, 9.17) is 4.99 Å². The predicted molar refractivity (Wildman–Crippen MR) is 149 cm³/mol. The highest BCUT2D eigenvalue weighted by atomic mass is 32.2. The van der Waals surface area contributed by atoms with Crippen molar-refractivity contribution in [2.24, 2.45) is 4.99 Å². The summed E-state index contributed by atoms with van der Waals surface area (Å²) in [7, 11) is 1.99. The van der Waals surface area contributed by atoms with E-state index in [0.29, 0.717) is 27.9 Å². The number of fused-ring (bicyclic) bond motifs is 1. The maximum atomic E-state index is 13.9. The Kier molecular flexibility index (Phi) is 6.77.